The van der Waals surface area contributed by atoms with Crippen molar-refractivity contribution in [2.45, 2.75) is 6.92 Å². The van der Waals surface area contributed by atoms with Gasteiger partial charge in [-0.15, -0.1) is 0 Å². The Labute approximate surface area is 92.8 Å². The summed E-state index contributed by atoms with van der Waals surface area (Å²) in [7, 11) is 1.67. The lowest BCUT2D eigenvalue weighted by Crippen LogP contribution is -2.30. The lowest BCUT2D eigenvalue weighted by Gasteiger charge is -2.15. The third-order valence-electron chi connectivity index (χ3n) is 1.99. The molecule has 0 bridgehead atoms. The van der Waals surface area contributed by atoms with E-state index in [0.29, 0.717) is 12.2 Å². The third kappa shape index (κ3) is 3.09. The first-order valence-corrected chi connectivity index (χ1v) is 4.89. The second kappa shape index (κ2) is 4.98. The normalized spacial score (nSPS) is 9.87. The van der Waals surface area contributed by atoms with Crippen LogP contribution in [0.4, 0.5) is 14.9 Å². The van der Waals surface area contributed by atoms with Crippen LogP contribution in [-0.4, -0.2) is 24.5 Å². The predicted octanol–water partition coefficient (Wildman–Crippen LogP) is 2.96. The number of nitrogens with zero attached hydrogens (tertiary/aromatic N) is 1. The number of carbonyl (C=O) groups is 1. The minimum Gasteiger partial charge on any atom is -0.328 e. The Balaban J connectivity index is 2.73. The third-order valence-corrected chi connectivity index (χ3v) is 2.28. The second-order valence-corrected chi connectivity index (χ2v) is 3.48. The maximum atomic E-state index is 12.8. The summed E-state index contributed by atoms with van der Waals surface area (Å²) in [5.41, 5.74) is 0.478. The maximum Gasteiger partial charge on any atom is 0.321 e. The standard InChI is InChI=1S/C10H12ClFN2O/c1-3-14(2)10(15)13-7-4-5-9(12)8(11)6-7/h4-6H,3H2,1-2H3,(H,13,15). The van der Waals surface area contributed by atoms with Gasteiger partial charge in [0.25, 0.3) is 0 Å². The van der Waals surface area contributed by atoms with Crippen molar-refractivity contribution in [2.75, 3.05) is 18.9 Å². The van der Waals surface area contributed by atoms with Gasteiger partial charge in [-0.2, -0.15) is 0 Å². The number of halogens is 2. The van der Waals surface area contributed by atoms with Crippen molar-refractivity contribution in [3.05, 3.63) is 29.0 Å². The first-order chi connectivity index (χ1) is 7.04. The fourth-order valence-corrected chi connectivity index (χ4v) is 1.12. The van der Waals surface area contributed by atoms with Gasteiger partial charge in [0.2, 0.25) is 0 Å². The van der Waals surface area contributed by atoms with Gasteiger partial charge >= 0.3 is 6.03 Å². The van der Waals surface area contributed by atoms with Crippen molar-refractivity contribution < 1.29 is 9.18 Å². The summed E-state index contributed by atoms with van der Waals surface area (Å²) in [5.74, 6) is -0.501. The molecule has 0 radical (unpaired) electrons. The Kier molecular flexibility index (Phi) is 3.91. The number of carbonyl (C=O) groups excluding carboxylic acids is 1. The summed E-state index contributed by atoms with van der Waals surface area (Å²) in [6.45, 7) is 2.46. The average molecular weight is 231 g/mol. The number of hydrogen-bond acceptors (Lipinski definition) is 1. The van der Waals surface area contributed by atoms with Gasteiger partial charge in [-0.05, 0) is 25.1 Å². The topological polar surface area (TPSA) is 32.3 Å². The molecule has 0 fully saturated rings. The van der Waals surface area contributed by atoms with E-state index in [0.717, 1.165) is 0 Å². The molecule has 2 amide bonds. The van der Waals surface area contributed by atoms with Crippen molar-refractivity contribution in [2.24, 2.45) is 0 Å². The zero-order valence-corrected chi connectivity index (χ0v) is 9.31. The molecule has 0 saturated heterocycles. The number of anilines is 1. The predicted molar refractivity (Wildman–Crippen MR) is 58.7 cm³/mol. The molecule has 0 aliphatic rings. The van der Waals surface area contributed by atoms with Crippen molar-refractivity contribution in [1.29, 1.82) is 0 Å². The van der Waals surface area contributed by atoms with Gasteiger partial charge < -0.3 is 10.2 Å². The van der Waals surface area contributed by atoms with Crippen LogP contribution >= 0.6 is 11.6 Å². The van der Waals surface area contributed by atoms with Gasteiger partial charge in [0.1, 0.15) is 5.82 Å². The molecule has 0 spiro atoms. The van der Waals surface area contributed by atoms with Crippen molar-refractivity contribution in [3.8, 4) is 0 Å². The van der Waals surface area contributed by atoms with E-state index in [1.165, 1.54) is 23.1 Å². The first-order valence-electron chi connectivity index (χ1n) is 4.51. The number of urea groups is 1. The zero-order chi connectivity index (χ0) is 11.4. The molecule has 0 aliphatic heterocycles. The van der Waals surface area contributed by atoms with Crippen LogP contribution < -0.4 is 5.32 Å². The number of benzene rings is 1. The van der Waals surface area contributed by atoms with Crippen LogP contribution in [0.3, 0.4) is 0 Å². The molecule has 0 saturated carbocycles. The molecule has 0 atom stereocenters. The van der Waals surface area contributed by atoms with E-state index in [1.54, 1.807) is 7.05 Å². The molecule has 1 aromatic carbocycles. The molecule has 1 N–H and O–H groups in total. The highest BCUT2D eigenvalue weighted by Gasteiger charge is 2.07. The molecule has 3 nitrogen and oxygen atoms in total. The van der Waals surface area contributed by atoms with E-state index in [2.05, 4.69) is 5.32 Å². The van der Waals surface area contributed by atoms with E-state index in [-0.39, 0.29) is 11.1 Å². The fourth-order valence-electron chi connectivity index (χ4n) is 0.936. The van der Waals surface area contributed by atoms with Crippen LogP contribution in [0, 0.1) is 5.82 Å². The minimum atomic E-state index is -0.501. The number of nitrogens with one attached hydrogen (secondary N) is 1. The van der Waals surface area contributed by atoms with Crippen LogP contribution in [0.1, 0.15) is 6.92 Å². The van der Waals surface area contributed by atoms with Crippen LogP contribution in [0.5, 0.6) is 0 Å². The molecular weight excluding hydrogens is 219 g/mol. The molecule has 0 heterocycles. The summed E-state index contributed by atoms with van der Waals surface area (Å²) in [4.78, 5) is 12.9. The molecule has 1 aromatic rings. The highest BCUT2D eigenvalue weighted by molar-refractivity contribution is 6.31. The first kappa shape index (κ1) is 11.8. The van der Waals surface area contributed by atoms with E-state index < -0.39 is 5.82 Å². The van der Waals surface area contributed by atoms with Gasteiger partial charge in [0.15, 0.2) is 0 Å². The van der Waals surface area contributed by atoms with Gasteiger partial charge in [0, 0.05) is 19.3 Å². The van der Waals surface area contributed by atoms with Crippen LogP contribution in [0.25, 0.3) is 0 Å². The van der Waals surface area contributed by atoms with Crippen LogP contribution in [0.2, 0.25) is 5.02 Å². The molecule has 82 valence electrons. The Hall–Kier alpha value is -1.29. The minimum absolute atomic E-state index is 0.00745. The van der Waals surface area contributed by atoms with E-state index in [4.69, 9.17) is 11.6 Å². The largest absolute Gasteiger partial charge is 0.328 e. The van der Waals surface area contributed by atoms with Crippen LogP contribution in [-0.2, 0) is 0 Å². The van der Waals surface area contributed by atoms with Crippen molar-refractivity contribution >= 4 is 23.3 Å². The number of amides is 2. The molecule has 5 heteroatoms. The Bertz CT molecular complexity index is 370. The molecule has 1 rings (SSSR count). The smallest absolute Gasteiger partial charge is 0.321 e. The quantitative estimate of drug-likeness (QED) is 0.833. The van der Waals surface area contributed by atoms with Crippen molar-refractivity contribution in [3.63, 3.8) is 0 Å². The van der Waals surface area contributed by atoms with Crippen molar-refractivity contribution in [1.82, 2.24) is 4.90 Å². The summed E-state index contributed by atoms with van der Waals surface area (Å²) in [6.07, 6.45) is 0. The number of hydrogen-bond donors (Lipinski definition) is 1. The summed E-state index contributed by atoms with van der Waals surface area (Å²) in [6, 6.07) is 3.80. The molecule has 0 aromatic heterocycles. The Morgan fingerprint density at radius 3 is 2.80 bits per heavy atom. The van der Waals surface area contributed by atoms with Crippen LogP contribution in [0.15, 0.2) is 18.2 Å². The average Bonchev–Trinajstić information content (AvgIpc) is 2.22. The highest BCUT2D eigenvalue weighted by Crippen LogP contribution is 2.19. The molecular formula is C10H12ClFN2O. The summed E-state index contributed by atoms with van der Waals surface area (Å²) < 4.78 is 12.8. The van der Waals surface area contributed by atoms with E-state index >= 15 is 0 Å². The highest BCUT2D eigenvalue weighted by atomic mass is 35.5. The van der Waals surface area contributed by atoms with Gasteiger partial charge in [-0.3, -0.25) is 0 Å². The van der Waals surface area contributed by atoms with E-state index in [9.17, 15) is 9.18 Å². The lowest BCUT2D eigenvalue weighted by atomic mass is 10.3. The van der Waals surface area contributed by atoms with Gasteiger partial charge in [-0.25, -0.2) is 9.18 Å². The molecule has 0 aliphatic carbocycles. The Morgan fingerprint density at radius 1 is 1.60 bits per heavy atom. The summed E-state index contributed by atoms with van der Waals surface area (Å²) in [5, 5.41) is 2.59. The lowest BCUT2D eigenvalue weighted by molar-refractivity contribution is 0.224. The Morgan fingerprint density at radius 2 is 2.27 bits per heavy atom. The van der Waals surface area contributed by atoms with Gasteiger partial charge in [0.05, 0.1) is 5.02 Å². The second-order valence-electron chi connectivity index (χ2n) is 3.07. The SMILES string of the molecule is CCN(C)C(=O)Nc1ccc(F)c(Cl)c1. The fraction of sp³-hybridized carbons (Fsp3) is 0.300. The zero-order valence-electron chi connectivity index (χ0n) is 8.55. The van der Waals surface area contributed by atoms with E-state index in [1.807, 2.05) is 6.92 Å². The van der Waals surface area contributed by atoms with Gasteiger partial charge in [-0.1, -0.05) is 11.6 Å². The maximum absolute atomic E-state index is 12.8. The molecule has 15 heavy (non-hydrogen) atoms. The molecule has 0 unspecified atom stereocenters. The number of rotatable bonds is 2. The monoisotopic (exact) mass is 230 g/mol. The summed E-state index contributed by atoms with van der Waals surface area (Å²) >= 11 is 5.57.